The number of nitrogens with zero attached hydrogens (tertiary/aromatic N) is 4. The summed E-state index contributed by atoms with van der Waals surface area (Å²) in [6, 6.07) is 3.81. The Morgan fingerprint density at radius 2 is 2.12 bits per heavy atom. The van der Waals surface area contributed by atoms with E-state index in [2.05, 4.69) is 9.72 Å². The SMILES string of the molecule is COC(=O)CN1CCN(C(=O)c2cn3ccc(C)cc3n2)CC1=O. The van der Waals surface area contributed by atoms with E-state index in [1.54, 1.807) is 10.6 Å². The first-order valence-electron chi connectivity index (χ1n) is 7.57. The first-order valence-corrected chi connectivity index (χ1v) is 7.57. The fourth-order valence-corrected chi connectivity index (χ4v) is 2.62. The molecule has 0 spiro atoms. The molecule has 8 heteroatoms. The molecule has 1 saturated heterocycles. The first kappa shape index (κ1) is 16.0. The standard InChI is InChI=1S/C16H18N4O4/c1-11-3-4-18-8-12(17-13(18)7-11)16(23)20-6-5-19(14(21)9-20)10-15(22)24-2/h3-4,7-8H,5-6,9-10H2,1-2H3. The van der Waals surface area contributed by atoms with E-state index in [9.17, 15) is 14.4 Å². The summed E-state index contributed by atoms with van der Waals surface area (Å²) in [5.41, 5.74) is 2.04. The molecular formula is C16H18N4O4. The van der Waals surface area contributed by atoms with Crippen LogP contribution in [0.15, 0.2) is 24.5 Å². The molecule has 1 fully saturated rings. The number of piperazine rings is 1. The predicted octanol–water partition coefficient (Wildman–Crippen LogP) is 0.100. The van der Waals surface area contributed by atoms with E-state index in [0.29, 0.717) is 24.4 Å². The van der Waals surface area contributed by atoms with E-state index in [1.807, 2.05) is 25.3 Å². The number of aromatic nitrogens is 2. The van der Waals surface area contributed by atoms with E-state index in [4.69, 9.17) is 0 Å². The van der Waals surface area contributed by atoms with Crippen molar-refractivity contribution in [3.63, 3.8) is 0 Å². The summed E-state index contributed by atoms with van der Waals surface area (Å²) in [5.74, 6) is -1.04. The molecule has 2 aromatic rings. The van der Waals surface area contributed by atoms with E-state index >= 15 is 0 Å². The number of imidazole rings is 1. The van der Waals surface area contributed by atoms with Crippen molar-refractivity contribution >= 4 is 23.4 Å². The van der Waals surface area contributed by atoms with Crippen molar-refractivity contribution < 1.29 is 19.1 Å². The van der Waals surface area contributed by atoms with E-state index in [-0.39, 0.29) is 24.9 Å². The predicted molar refractivity (Wildman–Crippen MR) is 84.4 cm³/mol. The molecule has 1 aliphatic rings. The van der Waals surface area contributed by atoms with Crippen LogP contribution in [0.4, 0.5) is 0 Å². The second-order valence-corrected chi connectivity index (χ2v) is 5.71. The lowest BCUT2D eigenvalue weighted by molar-refractivity contribution is -0.148. The quantitative estimate of drug-likeness (QED) is 0.745. The zero-order valence-corrected chi connectivity index (χ0v) is 13.6. The molecule has 0 radical (unpaired) electrons. The minimum absolute atomic E-state index is 0.0667. The molecule has 8 nitrogen and oxygen atoms in total. The lowest BCUT2D eigenvalue weighted by atomic mass is 10.2. The van der Waals surface area contributed by atoms with Crippen LogP contribution in [0.3, 0.4) is 0 Å². The van der Waals surface area contributed by atoms with Crippen molar-refractivity contribution in [3.05, 3.63) is 35.8 Å². The highest BCUT2D eigenvalue weighted by Crippen LogP contribution is 2.12. The molecule has 1 aliphatic heterocycles. The van der Waals surface area contributed by atoms with Gasteiger partial charge in [0.15, 0.2) is 0 Å². The molecule has 3 heterocycles. The highest BCUT2D eigenvalue weighted by atomic mass is 16.5. The molecule has 0 N–H and O–H groups in total. The van der Waals surface area contributed by atoms with Crippen LogP contribution in [-0.4, -0.2) is 70.3 Å². The van der Waals surface area contributed by atoms with Gasteiger partial charge in [0.1, 0.15) is 24.4 Å². The largest absolute Gasteiger partial charge is 0.468 e. The molecule has 0 aliphatic carbocycles. The third-order valence-electron chi connectivity index (χ3n) is 3.99. The van der Waals surface area contributed by atoms with E-state index < -0.39 is 5.97 Å². The number of aryl methyl sites for hydroxylation is 1. The normalized spacial score (nSPS) is 15.0. The van der Waals surface area contributed by atoms with Gasteiger partial charge in [-0.1, -0.05) is 0 Å². The van der Waals surface area contributed by atoms with Crippen molar-refractivity contribution in [2.45, 2.75) is 6.92 Å². The summed E-state index contributed by atoms with van der Waals surface area (Å²) in [6.07, 6.45) is 3.50. The van der Waals surface area contributed by atoms with Crippen LogP contribution in [0.25, 0.3) is 5.65 Å². The molecule has 126 valence electrons. The van der Waals surface area contributed by atoms with Gasteiger partial charge in [0.05, 0.1) is 7.11 Å². The van der Waals surface area contributed by atoms with Crippen LogP contribution in [0.5, 0.6) is 0 Å². The first-order chi connectivity index (χ1) is 11.5. The van der Waals surface area contributed by atoms with Crippen molar-refractivity contribution in [2.75, 3.05) is 33.3 Å². The number of rotatable bonds is 3. The number of hydrogen-bond donors (Lipinski definition) is 0. The van der Waals surface area contributed by atoms with Crippen molar-refractivity contribution in [1.29, 1.82) is 0 Å². The molecule has 0 atom stereocenters. The minimum Gasteiger partial charge on any atom is -0.468 e. The summed E-state index contributed by atoms with van der Waals surface area (Å²) in [6.45, 7) is 2.45. The maximum absolute atomic E-state index is 12.6. The van der Waals surface area contributed by atoms with Crippen LogP contribution >= 0.6 is 0 Å². The number of hydrogen-bond acceptors (Lipinski definition) is 5. The Hall–Kier alpha value is -2.90. The van der Waals surface area contributed by atoms with Crippen LogP contribution < -0.4 is 0 Å². The van der Waals surface area contributed by atoms with Gasteiger partial charge in [-0.05, 0) is 24.6 Å². The third-order valence-corrected chi connectivity index (χ3v) is 3.99. The maximum Gasteiger partial charge on any atom is 0.325 e. The fraction of sp³-hybridized carbons (Fsp3) is 0.375. The Morgan fingerprint density at radius 1 is 1.33 bits per heavy atom. The zero-order chi connectivity index (χ0) is 17.3. The number of esters is 1. The second-order valence-electron chi connectivity index (χ2n) is 5.71. The Balaban J connectivity index is 1.71. The second kappa shape index (κ2) is 6.31. The number of ether oxygens (including phenoxy) is 1. The lowest BCUT2D eigenvalue weighted by Crippen LogP contribution is -2.53. The highest BCUT2D eigenvalue weighted by Gasteiger charge is 2.30. The smallest absolute Gasteiger partial charge is 0.325 e. The molecule has 0 unspecified atom stereocenters. The maximum atomic E-state index is 12.6. The number of amides is 2. The summed E-state index contributed by atoms with van der Waals surface area (Å²) in [7, 11) is 1.28. The highest BCUT2D eigenvalue weighted by molar-refractivity contribution is 5.96. The monoisotopic (exact) mass is 330 g/mol. The molecule has 0 saturated carbocycles. The zero-order valence-electron chi connectivity index (χ0n) is 13.6. The average Bonchev–Trinajstić information content (AvgIpc) is 2.98. The topological polar surface area (TPSA) is 84.2 Å². The summed E-state index contributed by atoms with van der Waals surface area (Å²) in [4.78, 5) is 43.1. The minimum atomic E-state index is -0.473. The van der Waals surface area contributed by atoms with E-state index in [0.717, 1.165) is 5.56 Å². The number of carbonyl (C=O) groups is 3. The molecule has 0 bridgehead atoms. The molecular weight excluding hydrogens is 312 g/mol. The van der Waals surface area contributed by atoms with Crippen LogP contribution in [0.1, 0.15) is 16.1 Å². The number of fused-ring (bicyclic) bond motifs is 1. The van der Waals surface area contributed by atoms with Crippen molar-refractivity contribution in [2.24, 2.45) is 0 Å². The Labute approximate surface area is 138 Å². The van der Waals surface area contributed by atoms with Gasteiger partial charge < -0.3 is 18.9 Å². The summed E-state index contributed by atoms with van der Waals surface area (Å²) < 4.78 is 6.34. The van der Waals surface area contributed by atoms with Crippen LogP contribution in [0.2, 0.25) is 0 Å². The molecule has 0 aromatic carbocycles. The summed E-state index contributed by atoms with van der Waals surface area (Å²) >= 11 is 0. The van der Waals surface area contributed by atoms with Gasteiger partial charge in [-0.15, -0.1) is 0 Å². The van der Waals surface area contributed by atoms with Gasteiger partial charge in [0.25, 0.3) is 5.91 Å². The Bertz CT molecular complexity index is 814. The number of carbonyl (C=O) groups excluding carboxylic acids is 3. The van der Waals surface area contributed by atoms with Gasteiger partial charge in [-0.2, -0.15) is 0 Å². The average molecular weight is 330 g/mol. The van der Waals surface area contributed by atoms with Gasteiger partial charge >= 0.3 is 5.97 Å². The molecule has 2 amide bonds. The molecule has 2 aromatic heterocycles. The van der Waals surface area contributed by atoms with Gasteiger partial charge in [0, 0.05) is 25.5 Å². The van der Waals surface area contributed by atoms with Crippen LogP contribution in [0, 0.1) is 6.92 Å². The molecule has 3 rings (SSSR count). The lowest BCUT2D eigenvalue weighted by Gasteiger charge is -2.33. The van der Waals surface area contributed by atoms with Gasteiger partial charge in [-0.25, -0.2) is 4.98 Å². The molecule has 24 heavy (non-hydrogen) atoms. The van der Waals surface area contributed by atoms with Gasteiger partial charge in [0.2, 0.25) is 5.91 Å². The Morgan fingerprint density at radius 3 is 2.83 bits per heavy atom. The third kappa shape index (κ3) is 3.08. The fourth-order valence-electron chi connectivity index (χ4n) is 2.62. The van der Waals surface area contributed by atoms with Crippen molar-refractivity contribution in [3.8, 4) is 0 Å². The summed E-state index contributed by atoms with van der Waals surface area (Å²) in [5, 5.41) is 0. The van der Waals surface area contributed by atoms with Gasteiger partial charge in [-0.3, -0.25) is 14.4 Å². The number of methoxy groups -OCH3 is 1. The Kier molecular flexibility index (Phi) is 4.20. The van der Waals surface area contributed by atoms with Crippen molar-refractivity contribution in [1.82, 2.24) is 19.2 Å². The number of pyridine rings is 1. The van der Waals surface area contributed by atoms with E-state index in [1.165, 1.54) is 16.9 Å². The van der Waals surface area contributed by atoms with Crippen LogP contribution in [-0.2, 0) is 14.3 Å².